The smallest absolute Gasteiger partial charge is 0.232 e. The highest BCUT2D eigenvalue weighted by Crippen LogP contribution is 2.35. The van der Waals surface area contributed by atoms with Gasteiger partial charge in [0.05, 0.1) is 5.41 Å². The lowest BCUT2D eigenvalue weighted by molar-refractivity contribution is -0.126. The van der Waals surface area contributed by atoms with Crippen molar-refractivity contribution in [2.45, 2.75) is 27.2 Å². The summed E-state index contributed by atoms with van der Waals surface area (Å²) in [6.07, 6.45) is 0.917. The van der Waals surface area contributed by atoms with Crippen molar-refractivity contribution < 1.29 is 4.79 Å². The minimum Gasteiger partial charge on any atom is -0.325 e. The number of carbonyl (C=O) groups is 1. The summed E-state index contributed by atoms with van der Waals surface area (Å²) in [5.74, 6) is 0.489. The second kappa shape index (κ2) is 5.79. The molecular formula is C15H21IN2O. The van der Waals surface area contributed by atoms with Crippen LogP contribution in [0.2, 0.25) is 0 Å². The van der Waals surface area contributed by atoms with Gasteiger partial charge in [0.1, 0.15) is 0 Å². The Labute approximate surface area is 128 Å². The van der Waals surface area contributed by atoms with E-state index in [4.69, 9.17) is 0 Å². The predicted molar refractivity (Wildman–Crippen MR) is 87.3 cm³/mol. The van der Waals surface area contributed by atoms with E-state index in [0.717, 1.165) is 30.8 Å². The Morgan fingerprint density at radius 2 is 2.21 bits per heavy atom. The zero-order valence-corrected chi connectivity index (χ0v) is 13.9. The molecule has 4 heteroatoms. The number of hydrogen-bond acceptors (Lipinski definition) is 2. The molecule has 19 heavy (non-hydrogen) atoms. The summed E-state index contributed by atoms with van der Waals surface area (Å²) < 4.78 is 1.19. The maximum atomic E-state index is 12.7. The maximum Gasteiger partial charge on any atom is 0.232 e. The zero-order valence-electron chi connectivity index (χ0n) is 11.7. The highest BCUT2D eigenvalue weighted by atomic mass is 127. The van der Waals surface area contributed by atoms with Gasteiger partial charge in [0.15, 0.2) is 0 Å². The highest BCUT2D eigenvalue weighted by Gasteiger charge is 2.43. The van der Waals surface area contributed by atoms with E-state index in [-0.39, 0.29) is 11.3 Å². The number of aryl methyl sites for hydroxylation is 1. The summed E-state index contributed by atoms with van der Waals surface area (Å²) in [6.45, 7) is 8.00. The number of halogens is 1. The third-order valence-electron chi connectivity index (χ3n) is 4.18. The molecule has 1 fully saturated rings. The number of nitrogens with one attached hydrogen (secondary N) is 2. The molecule has 1 saturated heterocycles. The molecule has 104 valence electrons. The first-order valence-electron chi connectivity index (χ1n) is 6.74. The molecule has 0 saturated carbocycles. The number of anilines is 1. The lowest BCUT2D eigenvalue weighted by atomic mass is 9.75. The molecule has 0 bridgehead atoms. The molecule has 3 nitrogen and oxygen atoms in total. The van der Waals surface area contributed by atoms with Gasteiger partial charge in [-0.05, 0) is 72.2 Å². The molecule has 1 unspecified atom stereocenters. The SMILES string of the molecule is Cc1cc(I)ccc1NC(=O)C1(C(C)C)CCNC1. The lowest BCUT2D eigenvalue weighted by Crippen LogP contribution is -2.42. The van der Waals surface area contributed by atoms with Crippen molar-refractivity contribution in [3.63, 3.8) is 0 Å². The standard InChI is InChI=1S/C15H21IN2O/c1-10(2)15(6-7-17-9-15)14(19)18-13-5-4-12(16)8-11(13)3/h4-5,8,10,17H,6-7,9H2,1-3H3,(H,18,19). The van der Waals surface area contributed by atoms with Gasteiger partial charge in [-0.2, -0.15) is 0 Å². The van der Waals surface area contributed by atoms with Crippen LogP contribution in [-0.2, 0) is 4.79 Å². The fraction of sp³-hybridized carbons (Fsp3) is 0.533. The molecule has 0 aromatic heterocycles. The van der Waals surface area contributed by atoms with Crippen molar-refractivity contribution in [3.05, 3.63) is 27.3 Å². The van der Waals surface area contributed by atoms with Crippen LogP contribution in [0.3, 0.4) is 0 Å². The van der Waals surface area contributed by atoms with Crippen molar-refractivity contribution in [1.82, 2.24) is 5.32 Å². The molecule has 1 aromatic carbocycles. The fourth-order valence-corrected chi connectivity index (χ4v) is 3.32. The average molecular weight is 372 g/mol. The van der Waals surface area contributed by atoms with Gasteiger partial charge in [-0.25, -0.2) is 0 Å². The summed E-state index contributed by atoms with van der Waals surface area (Å²) in [7, 11) is 0. The minimum absolute atomic E-state index is 0.150. The first-order chi connectivity index (χ1) is 8.95. The van der Waals surface area contributed by atoms with E-state index in [1.165, 1.54) is 3.57 Å². The van der Waals surface area contributed by atoms with E-state index in [2.05, 4.69) is 53.1 Å². The largest absolute Gasteiger partial charge is 0.325 e. The maximum absolute atomic E-state index is 12.7. The molecule has 2 N–H and O–H groups in total. The summed E-state index contributed by atoms with van der Waals surface area (Å²) in [5.41, 5.74) is 1.78. The molecule has 1 aromatic rings. The van der Waals surface area contributed by atoms with Gasteiger partial charge in [0, 0.05) is 15.8 Å². The Morgan fingerprint density at radius 1 is 1.47 bits per heavy atom. The van der Waals surface area contributed by atoms with E-state index in [9.17, 15) is 4.79 Å². The first kappa shape index (κ1) is 14.8. The molecule has 0 spiro atoms. The fourth-order valence-electron chi connectivity index (χ4n) is 2.67. The van der Waals surface area contributed by atoms with Crippen LogP contribution in [0.5, 0.6) is 0 Å². The number of hydrogen-bond donors (Lipinski definition) is 2. The monoisotopic (exact) mass is 372 g/mol. The minimum atomic E-state index is -0.268. The van der Waals surface area contributed by atoms with Gasteiger partial charge in [-0.3, -0.25) is 4.79 Å². The van der Waals surface area contributed by atoms with Crippen LogP contribution in [0.15, 0.2) is 18.2 Å². The van der Waals surface area contributed by atoms with Gasteiger partial charge in [-0.1, -0.05) is 13.8 Å². The Bertz CT molecular complexity index is 479. The third kappa shape index (κ3) is 2.94. The summed E-state index contributed by atoms with van der Waals surface area (Å²) in [6, 6.07) is 6.11. The van der Waals surface area contributed by atoms with Crippen LogP contribution < -0.4 is 10.6 Å². The Kier molecular flexibility index (Phi) is 4.50. The molecular weight excluding hydrogens is 351 g/mol. The number of rotatable bonds is 3. The van der Waals surface area contributed by atoms with E-state index >= 15 is 0 Å². The van der Waals surface area contributed by atoms with Crippen molar-refractivity contribution in [1.29, 1.82) is 0 Å². The highest BCUT2D eigenvalue weighted by molar-refractivity contribution is 14.1. The average Bonchev–Trinajstić information content (AvgIpc) is 2.83. The molecule has 1 aliphatic heterocycles. The molecule has 1 amide bonds. The van der Waals surface area contributed by atoms with Crippen LogP contribution in [0.4, 0.5) is 5.69 Å². The normalized spacial score (nSPS) is 22.8. The first-order valence-corrected chi connectivity index (χ1v) is 7.82. The molecule has 1 atom stereocenters. The molecule has 0 aliphatic carbocycles. The van der Waals surface area contributed by atoms with Gasteiger partial charge < -0.3 is 10.6 Å². The predicted octanol–water partition coefficient (Wildman–Crippen LogP) is 3.17. The molecule has 1 aliphatic rings. The molecule has 2 rings (SSSR count). The van der Waals surface area contributed by atoms with Crippen LogP contribution in [0.25, 0.3) is 0 Å². The van der Waals surface area contributed by atoms with Crippen LogP contribution in [-0.4, -0.2) is 19.0 Å². The summed E-state index contributed by atoms with van der Waals surface area (Å²) >= 11 is 2.28. The van der Waals surface area contributed by atoms with Gasteiger partial charge in [0.2, 0.25) is 5.91 Å². The lowest BCUT2D eigenvalue weighted by Gasteiger charge is -2.31. The Morgan fingerprint density at radius 3 is 2.74 bits per heavy atom. The quantitative estimate of drug-likeness (QED) is 0.801. The Balaban J connectivity index is 2.20. The van der Waals surface area contributed by atoms with Crippen molar-refractivity contribution >= 4 is 34.2 Å². The van der Waals surface area contributed by atoms with Crippen molar-refractivity contribution in [3.8, 4) is 0 Å². The summed E-state index contributed by atoms with van der Waals surface area (Å²) in [4.78, 5) is 12.7. The van der Waals surface area contributed by atoms with Crippen LogP contribution in [0.1, 0.15) is 25.8 Å². The van der Waals surface area contributed by atoms with Crippen LogP contribution >= 0.6 is 22.6 Å². The van der Waals surface area contributed by atoms with Crippen LogP contribution in [0, 0.1) is 21.8 Å². The number of carbonyl (C=O) groups excluding carboxylic acids is 1. The second-order valence-corrected chi connectivity index (χ2v) is 6.90. The van der Waals surface area contributed by atoms with Crippen molar-refractivity contribution in [2.75, 3.05) is 18.4 Å². The number of benzene rings is 1. The Hall–Kier alpha value is -0.620. The van der Waals surface area contributed by atoms with E-state index in [1.807, 2.05) is 19.1 Å². The number of amides is 1. The molecule has 1 heterocycles. The van der Waals surface area contributed by atoms with Gasteiger partial charge in [-0.15, -0.1) is 0 Å². The second-order valence-electron chi connectivity index (χ2n) is 5.65. The molecule has 0 radical (unpaired) electrons. The van der Waals surface area contributed by atoms with E-state index in [0.29, 0.717) is 5.92 Å². The van der Waals surface area contributed by atoms with Crippen molar-refractivity contribution in [2.24, 2.45) is 11.3 Å². The van der Waals surface area contributed by atoms with E-state index < -0.39 is 0 Å². The third-order valence-corrected chi connectivity index (χ3v) is 4.85. The van der Waals surface area contributed by atoms with Gasteiger partial charge in [0.25, 0.3) is 0 Å². The topological polar surface area (TPSA) is 41.1 Å². The van der Waals surface area contributed by atoms with Gasteiger partial charge >= 0.3 is 0 Å². The summed E-state index contributed by atoms with van der Waals surface area (Å²) in [5, 5.41) is 6.44. The van der Waals surface area contributed by atoms with E-state index in [1.54, 1.807) is 0 Å². The zero-order chi connectivity index (χ0) is 14.0.